The molecule has 0 radical (unpaired) electrons. The lowest BCUT2D eigenvalue weighted by Crippen LogP contribution is -2.28. The number of hydrogen-bond donors (Lipinski definition) is 2. The van der Waals surface area contributed by atoms with Gasteiger partial charge in [-0.3, -0.25) is 0 Å². The monoisotopic (exact) mass is 358 g/mol. The lowest BCUT2D eigenvalue weighted by atomic mass is 10.1. The van der Waals surface area contributed by atoms with Gasteiger partial charge in [0.25, 0.3) is 0 Å². The molecule has 25 heavy (non-hydrogen) atoms. The number of aryl methyl sites for hydroxylation is 1. The number of rotatable bonds is 6. The van der Waals surface area contributed by atoms with E-state index >= 15 is 0 Å². The van der Waals surface area contributed by atoms with E-state index in [2.05, 4.69) is 10.6 Å². The lowest BCUT2D eigenvalue weighted by molar-refractivity contribution is 0.0601. The van der Waals surface area contributed by atoms with Crippen LogP contribution in [0, 0.1) is 6.92 Å². The van der Waals surface area contributed by atoms with Crippen LogP contribution in [0.2, 0.25) is 0 Å². The summed E-state index contributed by atoms with van der Waals surface area (Å²) in [7, 11) is 1.36. The Labute approximate surface area is 153 Å². The average molecular weight is 358 g/mol. The van der Waals surface area contributed by atoms with Crippen molar-refractivity contribution in [2.24, 2.45) is 0 Å². The Morgan fingerprint density at radius 1 is 1.16 bits per heavy atom. The fourth-order valence-corrected chi connectivity index (χ4v) is 2.40. The second-order valence-corrected chi connectivity index (χ2v) is 5.81. The van der Waals surface area contributed by atoms with Gasteiger partial charge in [0, 0.05) is 12.2 Å². The smallest absolute Gasteiger partial charge is 0.337 e. The summed E-state index contributed by atoms with van der Waals surface area (Å²) < 4.78 is 10.2. The van der Waals surface area contributed by atoms with E-state index in [-0.39, 0.29) is 5.97 Å². The van der Waals surface area contributed by atoms with Crippen molar-refractivity contribution < 1.29 is 14.3 Å². The minimum absolute atomic E-state index is 0.378. The van der Waals surface area contributed by atoms with Gasteiger partial charge in [-0.2, -0.15) is 0 Å². The first-order chi connectivity index (χ1) is 12.0. The van der Waals surface area contributed by atoms with Crippen LogP contribution < -0.4 is 15.4 Å². The van der Waals surface area contributed by atoms with Crippen molar-refractivity contribution in [1.82, 2.24) is 5.32 Å². The largest absolute Gasteiger partial charge is 0.494 e. The minimum atomic E-state index is -0.378. The molecule has 0 fully saturated rings. The van der Waals surface area contributed by atoms with E-state index in [4.69, 9.17) is 21.7 Å². The molecule has 0 atom stereocenters. The number of methoxy groups -OCH3 is 1. The molecule has 0 aliphatic carbocycles. The number of hydrogen-bond acceptors (Lipinski definition) is 4. The van der Waals surface area contributed by atoms with Gasteiger partial charge in [0.05, 0.1) is 19.3 Å². The summed E-state index contributed by atoms with van der Waals surface area (Å²) >= 11 is 5.34. The van der Waals surface area contributed by atoms with E-state index in [0.717, 1.165) is 22.6 Å². The fraction of sp³-hybridized carbons (Fsp3) is 0.263. The van der Waals surface area contributed by atoms with E-state index in [1.165, 1.54) is 7.11 Å². The van der Waals surface area contributed by atoms with Crippen molar-refractivity contribution in [3.8, 4) is 5.75 Å². The Balaban J connectivity index is 1.94. The molecule has 2 aromatic rings. The number of esters is 1. The maximum atomic E-state index is 11.6. The zero-order chi connectivity index (χ0) is 18.2. The maximum absolute atomic E-state index is 11.6. The van der Waals surface area contributed by atoms with Crippen LogP contribution >= 0.6 is 12.2 Å². The summed E-state index contributed by atoms with van der Waals surface area (Å²) in [4.78, 5) is 11.6. The van der Waals surface area contributed by atoms with Crippen LogP contribution in [0.25, 0.3) is 0 Å². The molecule has 2 aromatic carbocycles. The number of benzene rings is 2. The first-order valence-corrected chi connectivity index (χ1v) is 8.40. The number of thiocarbonyl (C=S) groups is 1. The van der Waals surface area contributed by atoms with Crippen molar-refractivity contribution in [3.05, 3.63) is 59.2 Å². The molecule has 0 spiro atoms. The third kappa shape index (κ3) is 5.46. The van der Waals surface area contributed by atoms with E-state index in [1.807, 2.05) is 44.2 Å². The molecule has 132 valence electrons. The van der Waals surface area contributed by atoms with E-state index < -0.39 is 0 Å². The molecule has 0 unspecified atom stereocenters. The van der Waals surface area contributed by atoms with Gasteiger partial charge < -0.3 is 20.1 Å². The second kappa shape index (κ2) is 9.03. The molecule has 6 heteroatoms. The van der Waals surface area contributed by atoms with Gasteiger partial charge in [0.1, 0.15) is 5.75 Å². The van der Waals surface area contributed by atoms with Crippen molar-refractivity contribution in [2.75, 3.05) is 19.0 Å². The third-order valence-corrected chi connectivity index (χ3v) is 3.84. The molecule has 5 nitrogen and oxygen atoms in total. The molecular formula is C19H22N2O3S. The maximum Gasteiger partial charge on any atom is 0.337 e. The van der Waals surface area contributed by atoms with Crippen LogP contribution in [0.3, 0.4) is 0 Å². The molecule has 0 bridgehead atoms. The normalized spacial score (nSPS) is 10.0. The Morgan fingerprint density at radius 3 is 2.52 bits per heavy atom. The standard InChI is InChI=1S/C19H22N2O3S/c1-4-24-16-9-6-14(7-10-16)12-20-19(25)21-17-11-15(18(22)23-3)8-5-13(17)2/h5-11H,4,12H2,1-3H3,(H2,20,21,25). The van der Waals surface area contributed by atoms with E-state index in [1.54, 1.807) is 12.1 Å². The van der Waals surface area contributed by atoms with Gasteiger partial charge >= 0.3 is 5.97 Å². The number of carbonyl (C=O) groups is 1. The van der Waals surface area contributed by atoms with Gasteiger partial charge in [0.15, 0.2) is 5.11 Å². The molecule has 2 rings (SSSR count). The quantitative estimate of drug-likeness (QED) is 0.607. The van der Waals surface area contributed by atoms with Gasteiger partial charge in [-0.25, -0.2) is 4.79 Å². The number of anilines is 1. The van der Waals surface area contributed by atoms with Crippen molar-refractivity contribution in [3.63, 3.8) is 0 Å². The highest BCUT2D eigenvalue weighted by atomic mass is 32.1. The first kappa shape index (κ1) is 18.7. The third-order valence-electron chi connectivity index (χ3n) is 3.59. The molecule has 0 aliphatic rings. The highest BCUT2D eigenvalue weighted by Gasteiger charge is 2.09. The predicted molar refractivity (Wildman–Crippen MR) is 103 cm³/mol. The molecule has 0 aromatic heterocycles. The highest BCUT2D eigenvalue weighted by Crippen LogP contribution is 2.18. The summed E-state index contributed by atoms with van der Waals surface area (Å²) in [5.41, 5.74) is 3.32. The van der Waals surface area contributed by atoms with Crippen molar-refractivity contribution in [2.45, 2.75) is 20.4 Å². The molecule has 0 aliphatic heterocycles. The molecular weight excluding hydrogens is 336 g/mol. The first-order valence-electron chi connectivity index (χ1n) is 7.99. The summed E-state index contributed by atoms with van der Waals surface area (Å²) in [6.45, 7) is 5.14. The number of ether oxygens (including phenoxy) is 2. The molecule has 0 saturated carbocycles. The fourth-order valence-electron chi connectivity index (χ4n) is 2.22. The highest BCUT2D eigenvalue weighted by molar-refractivity contribution is 7.80. The van der Waals surface area contributed by atoms with Crippen LogP contribution in [0.4, 0.5) is 5.69 Å². The van der Waals surface area contributed by atoms with Crippen molar-refractivity contribution >= 4 is 29.0 Å². The zero-order valence-electron chi connectivity index (χ0n) is 14.6. The Kier molecular flexibility index (Phi) is 6.77. The number of carbonyl (C=O) groups excluding carboxylic acids is 1. The van der Waals surface area contributed by atoms with Gasteiger partial charge in [-0.05, 0) is 61.5 Å². The molecule has 0 amide bonds. The summed E-state index contributed by atoms with van der Waals surface area (Å²) in [6.07, 6.45) is 0. The van der Waals surface area contributed by atoms with E-state index in [9.17, 15) is 4.79 Å². The second-order valence-electron chi connectivity index (χ2n) is 5.41. The van der Waals surface area contributed by atoms with E-state index in [0.29, 0.717) is 23.8 Å². The van der Waals surface area contributed by atoms with Gasteiger partial charge in [-0.1, -0.05) is 18.2 Å². The summed E-state index contributed by atoms with van der Waals surface area (Å²) in [5.74, 6) is 0.471. The van der Waals surface area contributed by atoms with Crippen LogP contribution in [-0.2, 0) is 11.3 Å². The minimum Gasteiger partial charge on any atom is -0.494 e. The van der Waals surface area contributed by atoms with Gasteiger partial charge in [0.2, 0.25) is 0 Å². The van der Waals surface area contributed by atoms with Gasteiger partial charge in [-0.15, -0.1) is 0 Å². The Hall–Kier alpha value is -2.60. The Morgan fingerprint density at radius 2 is 1.88 bits per heavy atom. The topological polar surface area (TPSA) is 59.6 Å². The van der Waals surface area contributed by atoms with Crippen LogP contribution in [-0.4, -0.2) is 24.8 Å². The average Bonchev–Trinajstić information content (AvgIpc) is 2.62. The lowest BCUT2D eigenvalue weighted by Gasteiger charge is -2.14. The van der Waals surface area contributed by atoms with Crippen LogP contribution in [0.15, 0.2) is 42.5 Å². The van der Waals surface area contributed by atoms with Crippen LogP contribution in [0.5, 0.6) is 5.75 Å². The Bertz CT molecular complexity index is 745. The summed E-state index contributed by atoms with van der Waals surface area (Å²) in [6, 6.07) is 13.1. The van der Waals surface area contributed by atoms with Crippen molar-refractivity contribution in [1.29, 1.82) is 0 Å². The molecule has 0 heterocycles. The summed E-state index contributed by atoms with van der Waals surface area (Å²) in [5, 5.41) is 6.76. The SMILES string of the molecule is CCOc1ccc(CNC(=S)Nc2cc(C(=O)OC)ccc2C)cc1. The predicted octanol–water partition coefficient (Wildman–Crippen LogP) is 3.67. The number of nitrogens with one attached hydrogen (secondary N) is 2. The van der Waals surface area contributed by atoms with Crippen LogP contribution in [0.1, 0.15) is 28.4 Å². The zero-order valence-corrected chi connectivity index (χ0v) is 15.4. The molecule has 2 N–H and O–H groups in total. The molecule has 0 saturated heterocycles.